The quantitative estimate of drug-likeness (QED) is 0.0824. The molecule has 11 heteroatoms. The molecule has 2 aliphatic heterocycles. The Bertz CT molecular complexity index is 2910. The van der Waals surface area contributed by atoms with E-state index in [0.29, 0.717) is 72.7 Å². The zero-order valence-electron chi connectivity index (χ0n) is 32.1. The van der Waals surface area contributed by atoms with E-state index in [1.807, 2.05) is 12.1 Å². The van der Waals surface area contributed by atoms with Crippen LogP contribution >= 0.6 is 0 Å². The molecule has 0 fully saturated rings. The highest BCUT2D eigenvalue weighted by Crippen LogP contribution is 2.68. The van der Waals surface area contributed by atoms with Crippen molar-refractivity contribution in [2.75, 3.05) is 0 Å². The maximum absolute atomic E-state index is 12.4. The Morgan fingerprint density at radius 2 is 0.803 bits per heavy atom. The lowest BCUT2D eigenvalue weighted by molar-refractivity contribution is -0.00983. The van der Waals surface area contributed by atoms with E-state index in [-0.39, 0.29) is 46.0 Å². The normalized spacial score (nSPS) is 24.0. The molecule has 4 aliphatic rings. The molecule has 11 rings (SSSR count). The van der Waals surface area contributed by atoms with Gasteiger partial charge in [-0.1, -0.05) is 48.5 Å². The van der Waals surface area contributed by atoms with Crippen molar-refractivity contribution in [3.8, 4) is 57.5 Å². The molecule has 1 unspecified atom stereocenters. The second kappa shape index (κ2) is 13.3. The number of hydrogen-bond acceptors (Lipinski definition) is 11. The zero-order valence-corrected chi connectivity index (χ0v) is 32.1. The van der Waals surface area contributed by atoms with E-state index >= 15 is 0 Å². The molecule has 0 radical (unpaired) electrons. The predicted molar refractivity (Wildman–Crippen MR) is 221 cm³/mol. The first-order chi connectivity index (χ1) is 29.4. The fourth-order valence-corrected chi connectivity index (χ4v) is 11.0. The van der Waals surface area contributed by atoms with Crippen molar-refractivity contribution in [3.63, 3.8) is 0 Å². The molecule has 0 saturated carbocycles. The van der Waals surface area contributed by atoms with Crippen LogP contribution in [0.4, 0.5) is 0 Å². The van der Waals surface area contributed by atoms with Crippen LogP contribution in [0.15, 0.2) is 127 Å². The van der Waals surface area contributed by atoms with E-state index in [9.17, 15) is 46.0 Å². The minimum atomic E-state index is -1.40. The molecule has 2 heterocycles. The lowest BCUT2D eigenvalue weighted by Crippen LogP contribution is -2.26. The summed E-state index contributed by atoms with van der Waals surface area (Å²) >= 11 is 0. The molecule has 0 amide bonds. The first-order valence-electron chi connectivity index (χ1n) is 19.9. The first-order valence-corrected chi connectivity index (χ1v) is 19.9. The van der Waals surface area contributed by atoms with Gasteiger partial charge in [-0.2, -0.15) is 0 Å². The Morgan fingerprint density at radius 3 is 1.36 bits per heavy atom. The Hall–Kier alpha value is -7.50. The fourth-order valence-electron chi connectivity index (χ4n) is 11.0. The van der Waals surface area contributed by atoms with Gasteiger partial charge in [0.05, 0.1) is 11.8 Å². The van der Waals surface area contributed by atoms with Crippen molar-refractivity contribution in [1.29, 1.82) is 0 Å². The van der Waals surface area contributed by atoms with Crippen LogP contribution in [0.1, 0.15) is 103 Å². The Morgan fingerprint density at radius 1 is 0.344 bits per heavy atom. The average Bonchev–Trinajstić information content (AvgIpc) is 3.70. The Kier molecular flexibility index (Phi) is 7.95. The summed E-state index contributed by atoms with van der Waals surface area (Å²) in [5, 5.41) is 102. The monoisotopic (exact) mass is 814 g/mol. The number of aromatic hydroxyl groups is 8. The van der Waals surface area contributed by atoms with E-state index in [1.165, 1.54) is 18.2 Å². The minimum Gasteiger partial charge on any atom is -0.508 e. The largest absolute Gasteiger partial charge is 0.508 e. The molecule has 8 atom stereocenters. The fraction of sp³-hybridized carbons (Fsp3) is 0.160. The highest BCUT2D eigenvalue weighted by Gasteiger charge is 2.54. The molecule has 61 heavy (non-hydrogen) atoms. The van der Waals surface area contributed by atoms with Gasteiger partial charge in [0.1, 0.15) is 63.6 Å². The van der Waals surface area contributed by atoms with Crippen LogP contribution in [0.2, 0.25) is 0 Å². The molecule has 0 spiro atoms. The van der Waals surface area contributed by atoms with Gasteiger partial charge in [-0.3, -0.25) is 0 Å². The summed E-state index contributed by atoms with van der Waals surface area (Å²) in [6.45, 7) is 0. The maximum atomic E-state index is 12.4. The van der Waals surface area contributed by atoms with Crippen molar-refractivity contribution in [2.24, 2.45) is 0 Å². The third kappa shape index (κ3) is 5.47. The Labute approximate surface area is 348 Å². The molecule has 0 aromatic heterocycles. The van der Waals surface area contributed by atoms with Gasteiger partial charge in [0, 0.05) is 64.1 Å². The summed E-state index contributed by atoms with van der Waals surface area (Å²) in [7, 11) is 0. The summed E-state index contributed by atoms with van der Waals surface area (Å²) in [5.41, 5.74) is 6.45. The van der Waals surface area contributed by atoms with Crippen molar-refractivity contribution < 1.29 is 55.4 Å². The number of ether oxygens (including phenoxy) is 2. The van der Waals surface area contributed by atoms with Gasteiger partial charge in [-0.25, -0.2) is 0 Å². The van der Waals surface area contributed by atoms with Crippen molar-refractivity contribution in [2.45, 2.75) is 47.9 Å². The van der Waals surface area contributed by atoms with Crippen LogP contribution in [0.25, 0.3) is 0 Å². The average molecular weight is 815 g/mol. The number of fused-ring (bicyclic) bond motifs is 4. The number of phenols is 8. The minimum absolute atomic E-state index is 0.00847. The van der Waals surface area contributed by atoms with E-state index in [4.69, 9.17) is 9.47 Å². The molecule has 7 aromatic carbocycles. The lowest BCUT2D eigenvalue weighted by Gasteiger charge is -2.40. The van der Waals surface area contributed by atoms with Crippen LogP contribution in [0.5, 0.6) is 57.5 Å². The van der Waals surface area contributed by atoms with Crippen LogP contribution in [0.3, 0.4) is 0 Å². The summed E-state index contributed by atoms with van der Waals surface area (Å²) in [6, 6.07) is 34.4. The first kappa shape index (κ1) is 36.6. The van der Waals surface area contributed by atoms with Crippen LogP contribution < -0.4 is 9.47 Å². The van der Waals surface area contributed by atoms with Crippen molar-refractivity contribution >= 4 is 0 Å². The maximum Gasteiger partial charge on any atom is 0.208 e. The van der Waals surface area contributed by atoms with Gasteiger partial charge in [-0.15, -0.1) is 0 Å². The van der Waals surface area contributed by atoms with E-state index in [2.05, 4.69) is 0 Å². The van der Waals surface area contributed by atoms with Crippen molar-refractivity contribution in [3.05, 3.63) is 189 Å². The zero-order chi connectivity index (χ0) is 42.0. The topological polar surface area (TPSA) is 201 Å². The number of phenolic OH excluding ortho intramolecular Hbond substituents is 8. The van der Waals surface area contributed by atoms with Crippen LogP contribution in [-0.2, 0) is 0 Å². The van der Waals surface area contributed by atoms with E-state index in [1.54, 1.807) is 97.1 Å². The molecule has 11 nitrogen and oxygen atoms in total. The SMILES string of the molecule is Oc1ccc([C@@H]2c3c(O)cc(O)cc3[C@@H]3c4c(cccc4[C@H]2[C@@H]2c4cc(O)cc5c4[C@@H](c4cc(O)cc(O)c4[C@H]2c2ccc(O)cc2)[C@H](c2ccc(O)cc2)O5)OC3O)cc1. The molecule has 0 saturated heterocycles. The number of aliphatic hydroxyl groups excluding tert-OH is 1. The standard InChI is InChI=1S/C50H38O11/c51-25-10-4-22(5-11-25)39-42-33(17-29(55)20-36(42)58)48-43-31(2-1-3-37(43)61-50(48)59)45(39)46-34-18-30(56)21-38-44(34)47(49(60-38)24-8-14-27(53)15-9-24)32-16-28(54)19-35(57)41(32)40(46)23-6-12-26(52)13-7-23/h1-21,39-40,45-59H/t39-,40-,45-,46-,47-,48-,49+,50?/m1/s1. The van der Waals surface area contributed by atoms with Gasteiger partial charge in [0.2, 0.25) is 6.29 Å². The Balaban J connectivity index is 1.32. The van der Waals surface area contributed by atoms with Crippen molar-refractivity contribution in [1.82, 2.24) is 0 Å². The van der Waals surface area contributed by atoms with Gasteiger partial charge in [0.15, 0.2) is 0 Å². The van der Waals surface area contributed by atoms with E-state index < -0.39 is 47.9 Å². The van der Waals surface area contributed by atoms with E-state index in [0.717, 1.165) is 0 Å². The smallest absolute Gasteiger partial charge is 0.208 e. The van der Waals surface area contributed by atoms with Crippen LogP contribution in [0, 0.1) is 0 Å². The molecule has 7 aromatic rings. The second-order valence-corrected chi connectivity index (χ2v) is 16.4. The summed E-state index contributed by atoms with van der Waals surface area (Å²) in [5.74, 6) is -4.93. The van der Waals surface area contributed by atoms with Gasteiger partial charge in [-0.05, 0) is 99.6 Å². The second-order valence-electron chi connectivity index (χ2n) is 16.4. The van der Waals surface area contributed by atoms with Gasteiger partial charge < -0.3 is 55.4 Å². The van der Waals surface area contributed by atoms with Gasteiger partial charge in [0.25, 0.3) is 0 Å². The lowest BCUT2D eigenvalue weighted by atomic mass is 9.62. The molecule has 304 valence electrons. The summed E-state index contributed by atoms with van der Waals surface area (Å²) in [6.07, 6.45) is -2.17. The number of aliphatic hydroxyl groups is 1. The highest BCUT2D eigenvalue weighted by atomic mass is 16.6. The molecular weight excluding hydrogens is 777 g/mol. The molecule has 2 aliphatic carbocycles. The summed E-state index contributed by atoms with van der Waals surface area (Å²) in [4.78, 5) is 0. The molecule has 9 N–H and O–H groups in total. The van der Waals surface area contributed by atoms with Gasteiger partial charge >= 0.3 is 0 Å². The number of hydrogen-bond donors (Lipinski definition) is 9. The molecule has 0 bridgehead atoms. The highest BCUT2D eigenvalue weighted by molar-refractivity contribution is 5.69. The summed E-state index contributed by atoms with van der Waals surface area (Å²) < 4.78 is 12.9. The third-order valence-corrected chi connectivity index (χ3v) is 13.2. The third-order valence-electron chi connectivity index (χ3n) is 13.2. The predicted octanol–water partition coefficient (Wildman–Crippen LogP) is 8.60. The van der Waals surface area contributed by atoms with Crippen LogP contribution in [-0.4, -0.2) is 52.2 Å². The molecular formula is C50H38O11. The number of rotatable bonds is 4. The number of benzene rings is 7.